The van der Waals surface area contributed by atoms with Gasteiger partial charge in [-0.2, -0.15) is 5.26 Å². The normalized spacial score (nSPS) is 33.6. The van der Waals surface area contributed by atoms with Crippen molar-refractivity contribution in [1.29, 1.82) is 5.26 Å². The fraction of sp³-hybridized carbons (Fsp3) is 0.500. The summed E-state index contributed by atoms with van der Waals surface area (Å²) in [6, 6.07) is 2.05. The molecule has 58 valence electrons. The number of methoxy groups -OCH3 is 1. The van der Waals surface area contributed by atoms with Gasteiger partial charge in [-0.25, -0.2) is 0 Å². The lowest BCUT2D eigenvalue weighted by molar-refractivity contribution is -0.142. The topological polar surface area (TPSA) is 50.1 Å². The van der Waals surface area contributed by atoms with E-state index in [2.05, 4.69) is 11.3 Å². The van der Waals surface area contributed by atoms with Crippen LogP contribution in [0.2, 0.25) is 0 Å². The first-order valence-electron chi connectivity index (χ1n) is 3.33. The smallest absolute Gasteiger partial charge is 0.310 e. The Morgan fingerprint density at radius 2 is 2.64 bits per heavy atom. The molecule has 0 radical (unpaired) electrons. The van der Waals surface area contributed by atoms with Crippen LogP contribution >= 0.6 is 0 Å². The Kier molecular flexibility index (Phi) is 1.69. The molecule has 0 aromatic carbocycles. The van der Waals surface area contributed by atoms with Gasteiger partial charge >= 0.3 is 5.97 Å². The van der Waals surface area contributed by atoms with Crippen LogP contribution in [0.5, 0.6) is 0 Å². The zero-order valence-corrected chi connectivity index (χ0v) is 6.33. The van der Waals surface area contributed by atoms with Crippen LogP contribution in [0.15, 0.2) is 12.7 Å². The quantitative estimate of drug-likeness (QED) is 0.434. The Bertz CT molecular complexity index is 241. The van der Waals surface area contributed by atoms with Crippen LogP contribution < -0.4 is 0 Å². The Balaban J connectivity index is 2.66. The van der Waals surface area contributed by atoms with E-state index in [0.29, 0.717) is 6.42 Å². The Hall–Kier alpha value is -1.30. The van der Waals surface area contributed by atoms with Crippen LogP contribution in [0.25, 0.3) is 0 Å². The van der Waals surface area contributed by atoms with Crippen LogP contribution in [0.3, 0.4) is 0 Å². The minimum atomic E-state index is -0.632. The number of nitriles is 1. The number of nitrogens with zero attached hydrogens (tertiary/aromatic N) is 1. The summed E-state index contributed by atoms with van der Waals surface area (Å²) >= 11 is 0. The number of hydrogen-bond acceptors (Lipinski definition) is 3. The average Bonchev–Trinajstić information content (AvgIpc) is 2.78. The highest BCUT2D eigenvalue weighted by Gasteiger charge is 2.57. The van der Waals surface area contributed by atoms with Gasteiger partial charge in [-0.3, -0.25) is 4.79 Å². The lowest BCUT2D eigenvalue weighted by atomic mass is 10.1. The van der Waals surface area contributed by atoms with Gasteiger partial charge in [0.05, 0.1) is 24.5 Å². The summed E-state index contributed by atoms with van der Waals surface area (Å²) in [5, 5.41) is 8.64. The molecular formula is C8H9NO2. The van der Waals surface area contributed by atoms with E-state index < -0.39 is 5.41 Å². The molecule has 2 unspecified atom stereocenters. The van der Waals surface area contributed by atoms with Gasteiger partial charge in [0.1, 0.15) is 0 Å². The summed E-state index contributed by atoms with van der Waals surface area (Å²) in [5.74, 6) is -0.596. The molecule has 0 aliphatic heterocycles. The first-order valence-corrected chi connectivity index (χ1v) is 3.33. The zero-order chi connectivity index (χ0) is 8.48. The van der Waals surface area contributed by atoms with Crippen molar-refractivity contribution in [1.82, 2.24) is 0 Å². The molecule has 0 aromatic heterocycles. The van der Waals surface area contributed by atoms with Gasteiger partial charge in [0.15, 0.2) is 0 Å². The molecule has 0 spiro atoms. The van der Waals surface area contributed by atoms with Crippen molar-refractivity contribution in [2.45, 2.75) is 6.42 Å². The number of allylic oxidation sites excluding steroid dienone is 1. The maximum Gasteiger partial charge on any atom is 0.310 e. The zero-order valence-electron chi connectivity index (χ0n) is 6.33. The van der Waals surface area contributed by atoms with E-state index in [-0.39, 0.29) is 11.9 Å². The van der Waals surface area contributed by atoms with Crippen molar-refractivity contribution in [3.8, 4) is 6.07 Å². The van der Waals surface area contributed by atoms with Crippen LogP contribution in [-0.4, -0.2) is 13.1 Å². The second kappa shape index (κ2) is 2.39. The van der Waals surface area contributed by atoms with Crippen LogP contribution in [0, 0.1) is 22.7 Å². The number of hydrogen-bond donors (Lipinski definition) is 0. The largest absolute Gasteiger partial charge is 0.469 e. The summed E-state index contributed by atoms with van der Waals surface area (Å²) in [7, 11) is 1.33. The third-order valence-electron chi connectivity index (χ3n) is 2.06. The van der Waals surface area contributed by atoms with Crippen LogP contribution in [-0.2, 0) is 9.53 Å². The Morgan fingerprint density at radius 1 is 2.00 bits per heavy atom. The Morgan fingerprint density at radius 3 is 2.91 bits per heavy atom. The maximum atomic E-state index is 10.9. The van der Waals surface area contributed by atoms with E-state index in [9.17, 15) is 4.79 Å². The predicted octanol–water partition coefficient (Wildman–Crippen LogP) is 0.875. The van der Waals surface area contributed by atoms with E-state index in [0.717, 1.165) is 0 Å². The van der Waals surface area contributed by atoms with E-state index >= 15 is 0 Å². The van der Waals surface area contributed by atoms with Crippen molar-refractivity contribution in [2.75, 3.05) is 7.11 Å². The molecule has 3 heteroatoms. The molecule has 1 fully saturated rings. The summed E-state index contributed by atoms with van der Waals surface area (Å²) in [5.41, 5.74) is -0.632. The molecule has 1 aliphatic carbocycles. The van der Waals surface area contributed by atoms with Crippen molar-refractivity contribution in [2.24, 2.45) is 11.3 Å². The molecule has 0 heterocycles. The molecule has 11 heavy (non-hydrogen) atoms. The average molecular weight is 151 g/mol. The van der Waals surface area contributed by atoms with Gasteiger partial charge in [-0.1, -0.05) is 6.08 Å². The molecule has 3 nitrogen and oxygen atoms in total. The number of carbonyl (C=O) groups excluding carboxylic acids is 1. The first kappa shape index (κ1) is 7.80. The molecule has 2 atom stereocenters. The lowest BCUT2D eigenvalue weighted by Gasteiger charge is -1.98. The summed E-state index contributed by atoms with van der Waals surface area (Å²) in [6.07, 6.45) is 2.08. The number of carbonyl (C=O) groups is 1. The fourth-order valence-electron chi connectivity index (χ4n) is 1.11. The minimum absolute atomic E-state index is 0.282. The Labute approximate surface area is 65.3 Å². The minimum Gasteiger partial charge on any atom is -0.469 e. The highest BCUT2D eigenvalue weighted by atomic mass is 16.5. The fourth-order valence-corrected chi connectivity index (χ4v) is 1.11. The van der Waals surface area contributed by atoms with E-state index in [1.807, 2.05) is 6.07 Å². The van der Waals surface area contributed by atoms with Gasteiger partial charge in [0.2, 0.25) is 0 Å². The number of rotatable bonds is 2. The molecular weight excluding hydrogens is 142 g/mol. The number of ether oxygens (including phenoxy) is 1. The highest BCUT2D eigenvalue weighted by molar-refractivity contribution is 5.78. The van der Waals surface area contributed by atoms with E-state index in [4.69, 9.17) is 5.26 Å². The lowest BCUT2D eigenvalue weighted by Crippen LogP contribution is -2.08. The van der Waals surface area contributed by atoms with Gasteiger partial charge in [-0.15, -0.1) is 6.58 Å². The summed E-state index contributed by atoms with van der Waals surface area (Å²) in [4.78, 5) is 10.9. The standard InChI is InChI=1S/C8H9NO2/c1-3-8(5-9)4-6(8)7(10)11-2/h3,6H,1,4H2,2H3. The van der Waals surface area contributed by atoms with Crippen LogP contribution in [0.1, 0.15) is 6.42 Å². The highest BCUT2D eigenvalue weighted by Crippen LogP contribution is 2.53. The molecule has 0 saturated heterocycles. The van der Waals surface area contributed by atoms with Crippen molar-refractivity contribution in [3.63, 3.8) is 0 Å². The van der Waals surface area contributed by atoms with Gasteiger partial charge in [0, 0.05) is 0 Å². The third-order valence-corrected chi connectivity index (χ3v) is 2.06. The van der Waals surface area contributed by atoms with Gasteiger partial charge in [0.25, 0.3) is 0 Å². The molecule has 0 aromatic rings. The maximum absolute atomic E-state index is 10.9. The molecule has 0 bridgehead atoms. The third kappa shape index (κ3) is 1.01. The molecule has 1 rings (SSSR count). The summed E-state index contributed by atoms with van der Waals surface area (Å²) in [6.45, 7) is 3.50. The molecule has 1 saturated carbocycles. The van der Waals surface area contributed by atoms with E-state index in [1.54, 1.807) is 0 Å². The van der Waals surface area contributed by atoms with Crippen molar-refractivity contribution in [3.05, 3.63) is 12.7 Å². The second-order valence-electron chi connectivity index (χ2n) is 2.64. The molecule has 0 N–H and O–H groups in total. The molecule has 0 amide bonds. The SMILES string of the molecule is C=CC1(C#N)CC1C(=O)OC. The van der Waals surface area contributed by atoms with Crippen molar-refractivity contribution < 1.29 is 9.53 Å². The van der Waals surface area contributed by atoms with Crippen LogP contribution in [0.4, 0.5) is 0 Å². The number of esters is 1. The monoisotopic (exact) mass is 151 g/mol. The first-order chi connectivity index (χ1) is 5.20. The van der Waals surface area contributed by atoms with Gasteiger partial charge in [-0.05, 0) is 6.42 Å². The summed E-state index contributed by atoms with van der Waals surface area (Å²) < 4.78 is 4.50. The second-order valence-corrected chi connectivity index (χ2v) is 2.64. The van der Waals surface area contributed by atoms with E-state index in [1.165, 1.54) is 13.2 Å². The molecule has 1 aliphatic rings. The van der Waals surface area contributed by atoms with Crippen molar-refractivity contribution >= 4 is 5.97 Å². The van der Waals surface area contributed by atoms with Gasteiger partial charge < -0.3 is 4.74 Å². The predicted molar refractivity (Wildman–Crippen MR) is 38.4 cm³/mol.